The maximum Gasteiger partial charge on any atom is 0.329 e. The van der Waals surface area contributed by atoms with Gasteiger partial charge in [0, 0.05) is 0 Å². The van der Waals surface area contributed by atoms with Crippen LogP contribution in [-0.4, -0.2) is 35.0 Å². The van der Waals surface area contributed by atoms with Crippen molar-refractivity contribution in [3.05, 3.63) is 48.0 Å². The first-order valence-electron chi connectivity index (χ1n) is 8.63. The fourth-order valence-electron chi connectivity index (χ4n) is 2.94. The fraction of sp³-hybridized carbons (Fsp3) is 0.350. The molecule has 1 unspecified atom stereocenters. The first kappa shape index (κ1) is 19.4. The van der Waals surface area contributed by atoms with E-state index in [-0.39, 0.29) is 18.9 Å². The Kier molecular flexibility index (Phi) is 6.33. The van der Waals surface area contributed by atoms with Crippen LogP contribution in [0, 0.1) is 0 Å². The number of carboxylic acids is 1. The number of amides is 2. The van der Waals surface area contributed by atoms with E-state index in [9.17, 15) is 19.5 Å². The molecule has 0 aromatic heterocycles. The second-order valence-electron chi connectivity index (χ2n) is 6.53. The molecule has 138 valence electrons. The third-order valence-electron chi connectivity index (χ3n) is 4.31. The molecule has 2 amide bonds. The van der Waals surface area contributed by atoms with Gasteiger partial charge in [-0.2, -0.15) is 0 Å². The van der Waals surface area contributed by atoms with E-state index in [0.29, 0.717) is 12.8 Å². The Balaban J connectivity index is 1.94. The summed E-state index contributed by atoms with van der Waals surface area (Å²) in [5.74, 6) is -1.89. The van der Waals surface area contributed by atoms with Crippen molar-refractivity contribution in [2.75, 3.05) is 6.54 Å². The minimum Gasteiger partial charge on any atom is -0.480 e. The molecule has 3 N–H and O–H groups in total. The Labute approximate surface area is 152 Å². The van der Waals surface area contributed by atoms with Crippen molar-refractivity contribution in [2.45, 2.75) is 38.6 Å². The lowest BCUT2D eigenvalue weighted by molar-refractivity contribution is -0.147. The zero-order valence-electron chi connectivity index (χ0n) is 15.0. The third-order valence-corrected chi connectivity index (χ3v) is 4.31. The lowest BCUT2D eigenvalue weighted by Gasteiger charge is -2.25. The SMILES string of the molecule is CCCC(C)(NC(=O)CNC(=O)Cc1cccc2ccccc12)C(=O)O. The normalized spacial score (nSPS) is 13.0. The van der Waals surface area contributed by atoms with Gasteiger partial charge in [-0.05, 0) is 29.7 Å². The van der Waals surface area contributed by atoms with Crippen LogP contribution in [0.1, 0.15) is 32.3 Å². The maximum absolute atomic E-state index is 12.2. The number of carboxylic acid groups (broad SMARTS) is 1. The van der Waals surface area contributed by atoms with Gasteiger partial charge in [0.05, 0.1) is 13.0 Å². The number of hydrogen-bond donors (Lipinski definition) is 3. The average Bonchev–Trinajstić information content (AvgIpc) is 2.60. The Bertz CT molecular complexity index is 813. The molecular weight excluding hydrogens is 332 g/mol. The van der Waals surface area contributed by atoms with E-state index < -0.39 is 17.4 Å². The zero-order chi connectivity index (χ0) is 19.2. The first-order valence-corrected chi connectivity index (χ1v) is 8.63. The Morgan fingerprint density at radius 2 is 1.73 bits per heavy atom. The molecule has 26 heavy (non-hydrogen) atoms. The quantitative estimate of drug-likeness (QED) is 0.676. The number of nitrogens with one attached hydrogen (secondary N) is 2. The predicted molar refractivity (Wildman–Crippen MR) is 99.8 cm³/mol. The van der Waals surface area contributed by atoms with E-state index in [4.69, 9.17) is 0 Å². The summed E-state index contributed by atoms with van der Waals surface area (Å²) in [4.78, 5) is 35.5. The summed E-state index contributed by atoms with van der Waals surface area (Å²) in [5.41, 5.74) is -0.450. The molecule has 0 radical (unpaired) electrons. The molecule has 0 spiro atoms. The van der Waals surface area contributed by atoms with Gasteiger partial charge in [-0.1, -0.05) is 55.8 Å². The molecule has 6 heteroatoms. The lowest BCUT2D eigenvalue weighted by atomic mass is 9.96. The highest BCUT2D eigenvalue weighted by atomic mass is 16.4. The lowest BCUT2D eigenvalue weighted by Crippen LogP contribution is -2.54. The van der Waals surface area contributed by atoms with E-state index in [2.05, 4.69) is 10.6 Å². The van der Waals surface area contributed by atoms with Gasteiger partial charge in [0.25, 0.3) is 0 Å². The average molecular weight is 356 g/mol. The molecule has 2 aromatic carbocycles. The summed E-state index contributed by atoms with van der Waals surface area (Å²) in [6.07, 6.45) is 1.09. The van der Waals surface area contributed by atoms with Gasteiger partial charge in [-0.15, -0.1) is 0 Å². The first-order chi connectivity index (χ1) is 12.4. The summed E-state index contributed by atoms with van der Waals surface area (Å²) in [6.45, 7) is 3.06. The highest BCUT2D eigenvalue weighted by Gasteiger charge is 2.33. The zero-order valence-corrected chi connectivity index (χ0v) is 15.0. The molecule has 0 aliphatic heterocycles. The summed E-state index contributed by atoms with van der Waals surface area (Å²) in [5, 5.41) is 16.4. The van der Waals surface area contributed by atoms with Gasteiger partial charge in [-0.25, -0.2) is 4.79 Å². The summed E-state index contributed by atoms with van der Waals surface area (Å²) in [7, 11) is 0. The number of rotatable bonds is 8. The molecule has 0 saturated carbocycles. The highest BCUT2D eigenvalue weighted by Crippen LogP contribution is 2.18. The summed E-state index contributed by atoms with van der Waals surface area (Å²) in [6, 6.07) is 13.5. The van der Waals surface area contributed by atoms with Crippen molar-refractivity contribution >= 4 is 28.6 Å². The number of carbonyl (C=O) groups is 3. The minimum atomic E-state index is -1.33. The van der Waals surface area contributed by atoms with Gasteiger partial charge in [0.1, 0.15) is 5.54 Å². The fourth-order valence-corrected chi connectivity index (χ4v) is 2.94. The Morgan fingerprint density at radius 1 is 1.04 bits per heavy atom. The second-order valence-corrected chi connectivity index (χ2v) is 6.53. The minimum absolute atomic E-state index is 0.153. The largest absolute Gasteiger partial charge is 0.480 e. The predicted octanol–water partition coefficient (Wildman–Crippen LogP) is 2.26. The Morgan fingerprint density at radius 3 is 2.42 bits per heavy atom. The van der Waals surface area contributed by atoms with Crippen LogP contribution in [0.25, 0.3) is 10.8 Å². The molecule has 6 nitrogen and oxygen atoms in total. The van der Waals surface area contributed by atoms with Crippen molar-refractivity contribution in [2.24, 2.45) is 0 Å². The van der Waals surface area contributed by atoms with Crippen LogP contribution in [0.4, 0.5) is 0 Å². The molecule has 0 bridgehead atoms. The van der Waals surface area contributed by atoms with Gasteiger partial charge in [-0.3, -0.25) is 9.59 Å². The summed E-state index contributed by atoms with van der Waals surface area (Å²) >= 11 is 0. The van der Waals surface area contributed by atoms with Crippen LogP contribution < -0.4 is 10.6 Å². The number of hydrogen-bond acceptors (Lipinski definition) is 3. The number of aliphatic carboxylic acids is 1. The van der Waals surface area contributed by atoms with Crippen LogP contribution in [0.3, 0.4) is 0 Å². The van der Waals surface area contributed by atoms with Crippen molar-refractivity contribution < 1.29 is 19.5 Å². The van der Waals surface area contributed by atoms with E-state index in [1.165, 1.54) is 6.92 Å². The standard InChI is InChI=1S/C20H24N2O4/c1-3-11-20(2,19(25)26)22-18(24)13-21-17(23)12-15-9-6-8-14-7-4-5-10-16(14)15/h4-10H,3,11-13H2,1-2H3,(H,21,23)(H,22,24)(H,25,26). The number of fused-ring (bicyclic) bond motifs is 1. The van der Waals surface area contributed by atoms with E-state index in [1.54, 1.807) is 0 Å². The van der Waals surface area contributed by atoms with E-state index in [1.807, 2.05) is 49.4 Å². The molecule has 0 saturated heterocycles. The van der Waals surface area contributed by atoms with Gasteiger partial charge in [0.2, 0.25) is 11.8 Å². The van der Waals surface area contributed by atoms with E-state index >= 15 is 0 Å². The maximum atomic E-state index is 12.2. The van der Waals surface area contributed by atoms with Gasteiger partial charge in [0.15, 0.2) is 0 Å². The molecule has 0 heterocycles. The van der Waals surface area contributed by atoms with Gasteiger partial charge >= 0.3 is 5.97 Å². The van der Waals surface area contributed by atoms with Crippen LogP contribution in [0.15, 0.2) is 42.5 Å². The second kappa shape index (κ2) is 8.47. The molecular formula is C20H24N2O4. The van der Waals surface area contributed by atoms with Crippen molar-refractivity contribution in [1.82, 2.24) is 10.6 Å². The molecule has 1 atom stereocenters. The van der Waals surface area contributed by atoms with Crippen molar-refractivity contribution in [3.8, 4) is 0 Å². The van der Waals surface area contributed by atoms with Crippen LogP contribution in [0.2, 0.25) is 0 Å². The number of carbonyl (C=O) groups excluding carboxylic acids is 2. The smallest absolute Gasteiger partial charge is 0.329 e. The molecule has 0 aliphatic carbocycles. The molecule has 0 fully saturated rings. The van der Waals surface area contributed by atoms with Crippen LogP contribution in [-0.2, 0) is 20.8 Å². The molecule has 2 aromatic rings. The van der Waals surface area contributed by atoms with Crippen LogP contribution in [0.5, 0.6) is 0 Å². The molecule has 2 rings (SSSR count). The molecule has 0 aliphatic rings. The van der Waals surface area contributed by atoms with Crippen molar-refractivity contribution in [1.29, 1.82) is 0 Å². The van der Waals surface area contributed by atoms with Gasteiger partial charge < -0.3 is 15.7 Å². The third kappa shape index (κ3) is 4.81. The van der Waals surface area contributed by atoms with Crippen molar-refractivity contribution in [3.63, 3.8) is 0 Å². The van der Waals surface area contributed by atoms with E-state index in [0.717, 1.165) is 16.3 Å². The monoisotopic (exact) mass is 356 g/mol. The Hall–Kier alpha value is -2.89. The summed E-state index contributed by atoms with van der Waals surface area (Å²) < 4.78 is 0. The highest BCUT2D eigenvalue weighted by molar-refractivity contribution is 5.92. The topological polar surface area (TPSA) is 95.5 Å². The van der Waals surface area contributed by atoms with Crippen LogP contribution >= 0.6 is 0 Å². The number of benzene rings is 2.